The van der Waals surface area contributed by atoms with E-state index in [-0.39, 0.29) is 4.90 Å². The van der Waals surface area contributed by atoms with Gasteiger partial charge in [0.1, 0.15) is 4.90 Å². The highest BCUT2D eigenvalue weighted by Gasteiger charge is 2.22. The molecule has 0 aliphatic rings. The third-order valence-corrected chi connectivity index (χ3v) is 3.83. The fraction of sp³-hybridized carbons (Fsp3) is 0.667. The summed E-state index contributed by atoms with van der Waals surface area (Å²) in [5, 5.41) is 9.82. The van der Waals surface area contributed by atoms with Crippen LogP contribution in [0.3, 0.4) is 0 Å². The SMILES string of the molecule is CCCNCc1n[nH]c(C)c1S(=O)(=O)NC. The van der Waals surface area contributed by atoms with Crippen LogP contribution in [0.5, 0.6) is 0 Å². The third kappa shape index (κ3) is 2.81. The number of H-pyrrole nitrogens is 1. The number of sulfonamides is 1. The number of rotatable bonds is 6. The quantitative estimate of drug-likeness (QED) is 0.622. The number of aromatic nitrogens is 2. The molecular formula is C9H18N4O2S. The lowest BCUT2D eigenvalue weighted by Crippen LogP contribution is -2.22. The molecule has 1 rings (SSSR count). The van der Waals surface area contributed by atoms with Gasteiger partial charge in [0.15, 0.2) is 0 Å². The fourth-order valence-corrected chi connectivity index (χ4v) is 2.51. The maximum absolute atomic E-state index is 11.7. The minimum absolute atomic E-state index is 0.249. The molecule has 0 fully saturated rings. The van der Waals surface area contributed by atoms with Crippen molar-refractivity contribution in [3.05, 3.63) is 11.4 Å². The summed E-state index contributed by atoms with van der Waals surface area (Å²) in [7, 11) is -2.04. The summed E-state index contributed by atoms with van der Waals surface area (Å²) in [6, 6.07) is 0. The highest BCUT2D eigenvalue weighted by Crippen LogP contribution is 2.16. The largest absolute Gasteiger partial charge is 0.311 e. The number of aryl methyl sites for hydroxylation is 1. The van der Waals surface area contributed by atoms with Gasteiger partial charge in [0.25, 0.3) is 0 Å². The summed E-state index contributed by atoms with van der Waals surface area (Å²) < 4.78 is 25.8. The summed E-state index contributed by atoms with van der Waals surface area (Å²) in [6.45, 7) is 5.04. The molecule has 1 aromatic heterocycles. The van der Waals surface area contributed by atoms with Crippen LogP contribution in [-0.2, 0) is 16.6 Å². The van der Waals surface area contributed by atoms with E-state index in [1.165, 1.54) is 7.05 Å². The first-order valence-electron chi connectivity index (χ1n) is 5.21. The predicted octanol–water partition coefficient (Wildman–Crippen LogP) is 0.126. The van der Waals surface area contributed by atoms with E-state index in [2.05, 4.69) is 20.2 Å². The third-order valence-electron chi connectivity index (χ3n) is 2.22. The Balaban J connectivity index is 2.95. The Labute approximate surface area is 95.9 Å². The van der Waals surface area contributed by atoms with Gasteiger partial charge < -0.3 is 5.32 Å². The molecule has 92 valence electrons. The van der Waals surface area contributed by atoms with Crippen LogP contribution in [0.25, 0.3) is 0 Å². The van der Waals surface area contributed by atoms with Crippen LogP contribution in [0.2, 0.25) is 0 Å². The van der Waals surface area contributed by atoms with Crippen molar-refractivity contribution in [2.45, 2.75) is 31.7 Å². The average Bonchev–Trinajstić information content (AvgIpc) is 2.61. The van der Waals surface area contributed by atoms with E-state index in [4.69, 9.17) is 0 Å². The van der Waals surface area contributed by atoms with Gasteiger partial charge >= 0.3 is 0 Å². The van der Waals surface area contributed by atoms with E-state index in [1.54, 1.807) is 6.92 Å². The van der Waals surface area contributed by atoms with Gasteiger partial charge in [-0.15, -0.1) is 0 Å². The number of nitrogens with one attached hydrogen (secondary N) is 3. The lowest BCUT2D eigenvalue weighted by molar-refractivity contribution is 0.584. The van der Waals surface area contributed by atoms with Crippen molar-refractivity contribution in [2.75, 3.05) is 13.6 Å². The Bertz CT molecular complexity index is 438. The second-order valence-electron chi connectivity index (χ2n) is 3.51. The predicted molar refractivity (Wildman–Crippen MR) is 61.6 cm³/mol. The van der Waals surface area contributed by atoms with Crippen LogP contribution in [0.1, 0.15) is 24.7 Å². The van der Waals surface area contributed by atoms with Crippen molar-refractivity contribution in [3.8, 4) is 0 Å². The molecule has 0 aliphatic heterocycles. The molecule has 0 aliphatic carbocycles. The molecular weight excluding hydrogens is 228 g/mol. The van der Waals surface area contributed by atoms with Gasteiger partial charge in [-0.3, -0.25) is 5.10 Å². The molecule has 0 amide bonds. The normalized spacial score (nSPS) is 11.9. The van der Waals surface area contributed by atoms with Crippen molar-refractivity contribution in [1.82, 2.24) is 20.2 Å². The molecule has 0 saturated heterocycles. The second-order valence-corrected chi connectivity index (χ2v) is 5.33. The van der Waals surface area contributed by atoms with Gasteiger partial charge in [-0.2, -0.15) is 5.10 Å². The first-order valence-corrected chi connectivity index (χ1v) is 6.69. The van der Waals surface area contributed by atoms with Gasteiger partial charge in [0, 0.05) is 6.54 Å². The highest BCUT2D eigenvalue weighted by atomic mass is 32.2. The second kappa shape index (κ2) is 5.42. The minimum atomic E-state index is -3.44. The molecule has 0 aromatic carbocycles. The Morgan fingerprint density at radius 3 is 2.69 bits per heavy atom. The lowest BCUT2D eigenvalue weighted by atomic mass is 10.3. The van der Waals surface area contributed by atoms with Gasteiger partial charge in [-0.05, 0) is 26.9 Å². The van der Waals surface area contributed by atoms with Crippen LogP contribution in [0, 0.1) is 6.92 Å². The zero-order chi connectivity index (χ0) is 12.2. The smallest absolute Gasteiger partial charge is 0.244 e. The van der Waals surface area contributed by atoms with E-state index < -0.39 is 10.0 Å². The van der Waals surface area contributed by atoms with E-state index >= 15 is 0 Å². The zero-order valence-electron chi connectivity index (χ0n) is 9.79. The van der Waals surface area contributed by atoms with Crippen LogP contribution < -0.4 is 10.0 Å². The summed E-state index contributed by atoms with van der Waals surface area (Å²) in [4.78, 5) is 0.249. The molecule has 7 heteroatoms. The van der Waals surface area contributed by atoms with Crippen molar-refractivity contribution >= 4 is 10.0 Å². The molecule has 0 atom stereocenters. The summed E-state index contributed by atoms with van der Waals surface area (Å²) in [5.74, 6) is 0. The maximum atomic E-state index is 11.7. The molecule has 3 N–H and O–H groups in total. The molecule has 6 nitrogen and oxygen atoms in total. The van der Waals surface area contributed by atoms with Gasteiger partial charge in [-0.1, -0.05) is 6.92 Å². The fourth-order valence-electron chi connectivity index (χ4n) is 1.43. The van der Waals surface area contributed by atoms with Crippen molar-refractivity contribution in [2.24, 2.45) is 0 Å². The number of nitrogens with zero attached hydrogens (tertiary/aromatic N) is 1. The van der Waals surface area contributed by atoms with Gasteiger partial charge in [0.05, 0.1) is 11.4 Å². The van der Waals surface area contributed by atoms with Crippen LogP contribution >= 0.6 is 0 Å². The lowest BCUT2D eigenvalue weighted by Gasteiger charge is -2.05. The molecule has 0 radical (unpaired) electrons. The Morgan fingerprint density at radius 1 is 1.44 bits per heavy atom. The maximum Gasteiger partial charge on any atom is 0.244 e. The highest BCUT2D eigenvalue weighted by molar-refractivity contribution is 7.89. The Morgan fingerprint density at radius 2 is 2.12 bits per heavy atom. The molecule has 16 heavy (non-hydrogen) atoms. The van der Waals surface area contributed by atoms with Gasteiger partial charge in [0.2, 0.25) is 10.0 Å². The molecule has 0 spiro atoms. The summed E-state index contributed by atoms with van der Waals surface area (Å²) in [6.07, 6.45) is 0.998. The first-order chi connectivity index (χ1) is 7.53. The topological polar surface area (TPSA) is 86.9 Å². The van der Waals surface area contributed by atoms with E-state index in [0.717, 1.165) is 13.0 Å². The minimum Gasteiger partial charge on any atom is -0.311 e. The number of aromatic amines is 1. The van der Waals surface area contributed by atoms with E-state index in [0.29, 0.717) is 17.9 Å². The molecule has 0 saturated carbocycles. The van der Waals surface area contributed by atoms with Gasteiger partial charge in [-0.25, -0.2) is 13.1 Å². The molecule has 0 unspecified atom stereocenters. The van der Waals surface area contributed by atoms with E-state index in [9.17, 15) is 8.42 Å². The molecule has 1 aromatic rings. The first kappa shape index (κ1) is 13.1. The monoisotopic (exact) mass is 246 g/mol. The van der Waals surface area contributed by atoms with E-state index in [1.807, 2.05) is 6.92 Å². The van der Waals surface area contributed by atoms with Crippen LogP contribution in [0.15, 0.2) is 4.90 Å². The number of hydrogen-bond acceptors (Lipinski definition) is 4. The summed E-state index contributed by atoms with van der Waals surface area (Å²) in [5.41, 5.74) is 1.09. The Kier molecular flexibility index (Phi) is 4.45. The zero-order valence-corrected chi connectivity index (χ0v) is 10.6. The van der Waals surface area contributed by atoms with Crippen molar-refractivity contribution < 1.29 is 8.42 Å². The van der Waals surface area contributed by atoms with Crippen molar-refractivity contribution in [1.29, 1.82) is 0 Å². The van der Waals surface area contributed by atoms with Crippen LogP contribution in [-0.4, -0.2) is 32.2 Å². The molecule has 1 heterocycles. The average molecular weight is 246 g/mol. The Hall–Kier alpha value is -0.920. The van der Waals surface area contributed by atoms with Crippen molar-refractivity contribution in [3.63, 3.8) is 0 Å². The van der Waals surface area contributed by atoms with Crippen LogP contribution in [0.4, 0.5) is 0 Å². The number of hydrogen-bond donors (Lipinski definition) is 3. The summed E-state index contributed by atoms with van der Waals surface area (Å²) >= 11 is 0. The standard InChI is InChI=1S/C9H18N4O2S/c1-4-5-11-6-8-9(7(2)12-13-8)16(14,15)10-3/h10-11H,4-6H2,1-3H3,(H,12,13). The molecule has 0 bridgehead atoms.